The van der Waals surface area contributed by atoms with Crippen molar-refractivity contribution in [2.45, 2.75) is 51.2 Å². The van der Waals surface area contributed by atoms with Crippen molar-refractivity contribution < 1.29 is 13.9 Å². The second-order valence-corrected chi connectivity index (χ2v) is 7.20. The SMILES string of the molecule is CC(CNC(=NCC(=O)N(C)C)NC1CCCCC1)Oc1cccc(F)c1. The van der Waals surface area contributed by atoms with Crippen molar-refractivity contribution in [1.82, 2.24) is 15.5 Å². The van der Waals surface area contributed by atoms with Crippen molar-refractivity contribution in [2.24, 2.45) is 4.99 Å². The number of guanidine groups is 1. The van der Waals surface area contributed by atoms with Crippen LogP contribution in [0.25, 0.3) is 0 Å². The molecule has 1 aromatic rings. The van der Waals surface area contributed by atoms with Crippen molar-refractivity contribution >= 4 is 11.9 Å². The summed E-state index contributed by atoms with van der Waals surface area (Å²) < 4.78 is 19.0. The van der Waals surface area contributed by atoms with E-state index >= 15 is 0 Å². The summed E-state index contributed by atoms with van der Waals surface area (Å²) in [5.41, 5.74) is 0. The monoisotopic (exact) mass is 378 g/mol. The maximum atomic E-state index is 13.3. The van der Waals surface area contributed by atoms with Crippen LogP contribution in [0.5, 0.6) is 5.75 Å². The molecule has 150 valence electrons. The third kappa shape index (κ3) is 7.85. The lowest BCUT2D eigenvalue weighted by Gasteiger charge is -2.26. The van der Waals surface area contributed by atoms with E-state index in [9.17, 15) is 9.18 Å². The molecule has 1 aliphatic carbocycles. The van der Waals surface area contributed by atoms with E-state index in [0.717, 1.165) is 12.8 Å². The predicted octanol–water partition coefficient (Wildman–Crippen LogP) is 2.55. The molecule has 0 aromatic heterocycles. The van der Waals surface area contributed by atoms with Gasteiger partial charge in [0.15, 0.2) is 5.96 Å². The van der Waals surface area contributed by atoms with Gasteiger partial charge < -0.3 is 20.3 Å². The highest BCUT2D eigenvalue weighted by Gasteiger charge is 2.16. The summed E-state index contributed by atoms with van der Waals surface area (Å²) in [5.74, 6) is 0.734. The fraction of sp³-hybridized carbons (Fsp3) is 0.600. The third-order valence-corrected chi connectivity index (χ3v) is 4.51. The number of hydrogen-bond acceptors (Lipinski definition) is 3. The van der Waals surface area contributed by atoms with Gasteiger partial charge in [-0.1, -0.05) is 25.3 Å². The molecule has 1 saturated carbocycles. The molecule has 0 bridgehead atoms. The van der Waals surface area contributed by atoms with Gasteiger partial charge in [0.1, 0.15) is 24.2 Å². The second-order valence-electron chi connectivity index (χ2n) is 7.20. The maximum Gasteiger partial charge on any atom is 0.243 e. The highest BCUT2D eigenvalue weighted by molar-refractivity contribution is 5.84. The smallest absolute Gasteiger partial charge is 0.243 e. The Hall–Kier alpha value is -2.31. The lowest BCUT2D eigenvalue weighted by atomic mass is 9.96. The van der Waals surface area contributed by atoms with Gasteiger partial charge in [-0.2, -0.15) is 0 Å². The van der Waals surface area contributed by atoms with Crippen LogP contribution in [-0.2, 0) is 4.79 Å². The summed E-state index contributed by atoms with van der Waals surface area (Å²) in [6, 6.07) is 6.47. The first kappa shape index (κ1) is 21.0. The van der Waals surface area contributed by atoms with Crippen LogP contribution in [-0.4, -0.2) is 56.1 Å². The molecule has 1 fully saturated rings. The molecule has 1 aliphatic rings. The molecule has 1 amide bonds. The zero-order valence-corrected chi connectivity index (χ0v) is 16.5. The first-order valence-electron chi connectivity index (χ1n) is 9.61. The number of nitrogens with zero attached hydrogens (tertiary/aromatic N) is 2. The van der Waals surface area contributed by atoms with Gasteiger partial charge in [-0.15, -0.1) is 0 Å². The van der Waals surface area contributed by atoms with Gasteiger partial charge in [0.05, 0.1) is 6.54 Å². The standard InChI is InChI=1S/C20H31FN4O2/c1-15(27-18-11-7-8-16(21)12-18)13-22-20(23-14-19(26)25(2)3)24-17-9-5-4-6-10-17/h7-8,11-12,15,17H,4-6,9-10,13-14H2,1-3H3,(H2,22,23,24). The van der Waals surface area contributed by atoms with E-state index in [4.69, 9.17) is 4.74 Å². The number of halogens is 1. The molecule has 1 atom stereocenters. The minimum atomic E-state index is -0.323. The van der Waals surface area contributed by atoms with Crippen LogP contribution in [0.15, 0.2) is 29.3 Å². The summed E-state index contributed by atoms with van der Waals surface area (Å²) in [5, 5.41) is 6.68. The number of nitrogens with one attached hydrogen (secondary N) is 2. The van der Waals surface area contributed by atoms with E-state index in [2.05, 4.69) is 15.6 Å². The van der Waals surface area contributed by atoms with Crippen LogP contribution in [0.1, 0.15) is 39.0 Å². The molecule has 6 nitrogen and oxygen atoms in total. The van der Waals surface area contributed by atoms with Crippen molar-refractivity contribution in [2.75, 3.05) is 27.2 Å². The number of carbonyl (C=O) groups is 1. The summed E-state index contributed by atoms with van der Waals surface area (Å²) >= 11 is 0. The van der Waals surface area contributed by atoms with E-state index in [0.29, 0.717) is 24.3 Å². The van der Waals surface area contributed by atoms with Crippen molar-refractivity contribution in [3.8, 4) is 5.75 Å². The van der Waals surface area contributed by atoms with E-state index in [1.54, 1.807) is 26.2 Å². The van der Waals surface area contributed by atoms with Crippen LogP contribution in [0.4, 0.5) is 4.39 Å². The van der Waals surface area contributed by atoms with E-state index in [1.807, 2.05) is 6.92 Å². The Morgan fingerprint density at radius 1 is 1.33 bits per heavy atom. The molecule has 2 N–H and O–H groups in total. The summed E-state index contributed by atoms with van der Waals surface area (Å²) in [6.07, 6.45) is 5.72. The van der Waals surface area contributed by atoms with Gasteiger partial charge in [0, 0.05) is 26.2 Å². The number of rotatable bonds is 7. The van der Waals surface area contributed by atoms with Gasteiger partial charge in [-0.05, 0) is 31.9 Å². The quantitative estimate of drug-likeness (QED) is 0.565. The number of amides is 1. The number of aliphatic imine (C=N–C) groups is 1. The molecule has 7 heteroatoms. The van der Waals surface area contributed by atoms with E-state index in [1.165, 1.54) is 36.3 Å². The Kier molecular flexibility index (Phi) is 8.36. The summed E-state index contributed by atoms with van der Waals surface area (Å²) in [7, 11) is 3.43. The van der Waals surface area contributed by atoms with E-state index < -0.39 is 0 Å². The fourth-order valence-corrected chi connectivity index (χ4v) is 2.94. The first-order valence-corrected chi connectivity index (χ1v) is 9.61. The van der Waals surface area contributed by atoms with Gasteiger partial charge in [-0.25, -0.2) is 9.38 Å². The maximum absolute atomic E-state index is 13.3. The average molecular weight is 378 g/mol. The number of ether oxygens (including phenoxy) is 1. The molecule has 0 aliphatic heterocycles. The fourth-order valence-electron chi connectivity index (χ4n) is 2.94. The number of carbonyl (C=O) groups excluding carboxylic acids is 1. The van der Waals surface area contributed by atoms with Crippen LogP contribution in [0.2, 0.25) is 0 Å². The Balaban J connectivity index is 1.91. The minimum absolute atomic E-state index is 0.0520. The van der Waals surface area contributed by atoms with Gasteiger partial charge >= 0.3 is 0 Å². The molecule has 2 rings (SSSR count). The lowest BCUT2D eigenvalue weighted by Crippen LogP contribution is -2.47. The highest BCUT2D eigenvalue weighted by atomic mass is 19.1. The zero-order chi connectivity index (χ0) is 19.6. The topological polar surface area (TPSA) is 66.0 Å². The van der Waals surface area contributed by atoms with Crippen molar-refractivity contribution in [3.63, 3.8) is 0 Å². The first-order chi connectivity index (χ1) is 12.9. The molecule has 1 unspecified atom stereocenters. The molecular weight excluding hydrogens is 347 g/mol. The van der Waals surface area contributed by atoms with Crippen LogP contribution in [0, 0.1) is 5.82 Å². The lowest BCUT2D eigenvalue weighted by molar-refractivity contribution is -0.127. The molecule has 27 heavy (non-hydrogen) atoms. The Labute approximate surface area is 161 Å². The molecule has 1 aromatic carbocycles. The number of hydrogen-bond donors (Lipinski definition) is 2. The van der Waals surface area contributed by atoms with Crippen LogP contribution >= 0.6 is 0 Å². The summed E-state index contributed by atoms with van der Waals surface area (Å²) in [6.45, 7) is 2.49. The van der Waals surface area contributed by atoms with Gasteiger partial charge in [0.2, 0.25) is 5.91 Å². The largest absolute Gasteiger partial charge is 0.489 e. The van der Waals surface area contributed by atoms with Gasteiger partial charge in [-0.3, -0.25) is 4.79 Å². The number of benzene rings is 1. The zero-order valence-electron chi connectivity index (χ0n) is 16.5. The van der Waals surface area contributed by atoms with Gasteiger partial charge in [0.25, 0.3) is 0 Å². The molecule has 0 heterocycles. The third-order valence-electron chi connectivity index (χ3n) is 4.51. The predicted molar refractivity (Wildman–Crippen MR) is 105 cm³/mol. The highest BCUT2D eigenvalue weighted by Crippen LogP contribution is 2.17. The van der Waals surface area contributed by atoms with E-state index in [-0.39, 0.29) is 24.4 Å². The second kappa shape index (κ2) is 10.7. The number of likely N-dealkylation sites (N-methyl/N-ethyl adjacent to an activating group) is 1. The van der Waals surface area contributed by atoms with Crippen molar-refractivity contribution in [3.05, 3.63) is 30.1 Å². The van der Waals surface area contributed by atoms with Crippen LogP contribution in [0.3, 0.4) is 0 Å². The normalized spacial score (nSPS) is 16.5. The molecular formula is C20H31FN4O2. The Morgan fingerprint density at radius 3 is 2.74 bits per heavy atom. The average Bonchev–Trinajstić information content (AvgIpc) is 2.64. The molecule has 0 radical (unpaired) electrons. The van der Waals surface area contributed by atoms with Crippen molar-refractivity contribution in [1.29, 1.82) is 0 Å². The van der Waals surface area contributed by atoms with Crippen LogP contribution < -0.4 is 15.4 Å². The molecule has 0 spiro atoms. The summed E-state index contributed by atoms with van der Waals surface area (Å²) in [4.78, 5) is 17.8. The Bertz CT molecular complexity index is 630. The minimum Gasteiger partial charge on any atom is -0.489 e. The molecule has 0 saturated heterocycles. The Morgan fingerprint density at radius 2 is 2.07 bits per heavy atom.